The number of hydrogen-bond donors (Lipinski definition) is 0. The second-order valence-corrected chi connectivity index (χ2v) is 1.91. The molecule has 0 aromatic rings. The van der Waals surface area contributed by atoms with Gasteiger partial charge < -0.3 is 10.3 Å². The number of carbonyl (C=O) groups excluding carboxylic acids is 2. The third kappa shape index (κ3) is 4.87. The van der Waals surface area contributed by atoms with Crippen LogP contribution in [0.3, 0.4) is 0 Å². The molecule has 0 radical (unpaired) electrons. The summed E-state index contributed by atoms with van der Waals surface area (Å²) in [6.07, 6.45) is 1.13. The van der Waals surface area contributed by atoms with Crippen LogP contribution in [-0.4, -0.2) is 22.6 Å². The van der Waals surface area contributed by atoms with Crippen molar-refractivity contribution < 1.29 is 14.4 Å². The molecule has 0 aliphatic heterocycles. The molecule has 54 valence electrons. The minimum absolute atomic E-state index is 0.0420. The summed E-state index contributed by atoms with van der Waals surface area (Å²) in [5, 5.41) is 0. The Kier molecular flexibility index (Phi) is 4.00. The van der Waals surface area contributed by atoms with Crippen molar-refractivity contribution in [3.05, 3.63) is 5.53 Å². The van der Waals surface area contributed by atoms with Crippen molar-refractivity contribution in [2.24, 2.45) is 0 Å². The standard InChI is InChI=1S/C6H8N2O2/c1-5(9)2-3-6(10)4-8-7/h4H,2-3H2,1H3. The van der Waals surface area contributed by atoms with Crippen molar-refractivity contribution in [2.45, 2.75) is 19.8 Å². The Labute approximate surface area is 58.5 Å². The first kappa shape index (κ1) is 8.72. The lowest BCUT2D eigenvalue weighted by molar-refractivity contribution is -0.121. The van der Waals surface area contributed by atoms with Crippen molar-refractivity contribution in [1.82, 2.24) is 0 Å². The molecule has 0 amide bonds. The fourth-order valence-corrected chi connectivity index (χ4v) is 0.428. The molecule has 0 saturated heterocycles. The van der Waals surface area contributed by atoms with E-state index in [2.05, 4.69) is 4.79 Å². The van der Waals surface area contributed by atoms with E-state index in [9.17, 15) is 9.59 Å². The molecule has 10 heavy (non-hydrogen) atoms. The highest BCUT2D eigenvalue weighted by Gasteiger charge is 2.03. The van der Waals surface area contributed by atoms with Gasteiger partial charge >= 0.3 is 6.21 Å². The summed E-state index contributed by atoms with van der Waals surface area (Å²) in [6, 6.07) is 0. The third-order valence-corrected chi connectivity index (χ3v) is 0.925. The number of rotatable bonds is 4. The van der Waals surface area contributed by atoms with Crippen LogP contribution in [0.2, 0.25) is 0 Å². The SMILES string of the molecule is CC(=O)CCC(=O)C=[N+]=[N-]. The number of carbonyl (C=O) groups is 2. The van der Waals surface area contributed by atoms with Crippen LogP contribution in [0, 0.1) is 0 Å². The van der Waals surface area contributed by atoms with Gasteiger partial charge in [0.25, 0.3) is 0 Å². The molecule has 0 saturated carbocycles. The van der Waals surface area contributed by atoms with E-state index < -0.39 is 0 Å². The third-order valence-electron chi connectivity index (χ3n) is 0.925. The molecule has 0 rings (SSSR count). The van der Waals surface area contributed by atoms with Gasteiger partial charge in [0.15, 0.2) is 0 Å². The van der Waals surface area contributed by atoms with Crippen LogP contribution in [0.5, 0.6) is 0 Å². The van der Waals surface area contributed by atoms with Crippen molar-refractivity contribution in [3.8, 4) is 0 Å². The molecule has 0 aromatic carbocycles. The summed E-state index contributed by atoms with van der Waals surface area (Å²) in [4.78, 5) is 23.3. The van der Waals surface area contributed by atoms with Gasteiger partial charge in [-0.15, -0.1) is 0 Å². The first-order valence-corrected chi connectivity index (χ1v) is 2.86. The van der Waals surface area contributed by atoms with Gasteiger partial charge in [-0.05, 0) is 6.92 Å². The van der Waals surface area contributed by atoms with E-state index in [4.69, 9.17) is 5.53 Å². The van der Waals surface area contributed by atoms with Crippen LogP contribution in [0.15, 0.2) is 0 Å². The molecule has 0 heterocycles. The van der Waals surface area contributed by atoms with Crippen LogP contribution < -0.4 is 0 Å². The summed E-state index contributed by atoms with van der Waals surface area (Å²) >= 11 is 0. The van der Waals surface area contributed by atoms with E-state index in [0.717, 1.165) is 6.21 Å². The van der Waals surface area contributed by atoms with E-state index in [1.165, 1.54) is 6.92 Å². The van der Waals surface area contributed by atoms with E-state index in [1.54, 1.807) is 0 Å². The zero-order valence-electron chi connectivity index (χ0n) is 5.70. The molecule has 0 aliphatic carbocycles. The van der Waals surface area contributed by atoms with Gasteiger partial charge in [0.05, 0.1) is 0 Å². The number of Topliss-reactive ketones (excluding diaryl/α,β-unsaturated/α-hetero) is 2. The number of hydrogen-bond acceptors (Lipinski definition) is 2. The number of ketones is 2. The minimum atomic E-state index is -0.335. The average Bonchev–Trinajstić information content (AvgIpc) is 1.85. The molecule has 4 nitrogen and oxygen atoms in total. The highest BCUT2D eigenvalue weighted by atomic mass is 16.1. The summed E-state index contributed by atoms with van der Waals surface area (Å²) < 4.78 is 0. The smallest absolute Gasteiger partial charge is 0.323 e. The Morgan fingerprint density at radius 1 is 1.50 bits per heavy atom. The maximum absolute atomic E-state index is 10.5. The highest BCUT2D eigenvalue weighted by molar-refractivity contribution is 6.25. The zero-order chi connectivity index (χ0) is 7.98. The van der Waals surface area contributed by atoms with E-state index >= 15 is 0 Å². The normalized spacial score (nSPS) is 8.10. The monoisotopic (exact) mass is 140 g/mol. The Hall–Kier alpha value is -1.28. The average molecular weight is 140 g/mol. The van der Waals surface area contributed by atoms with Gasteiger partial charge in [-0.3, -0.25) is 4.79 Å². The summed E-state index contributed by atoms with van der Waals surface area (Å²) in [5.74, 6) is -0.377. The lowest BCUT2D eigenvalue weighted by Crippen LogP contribution is -2.02. The predicted octanol–water partition coefficient (Wildman–Crippen LogP) is 0.225. The van der Waals surface area contributed by atoms with E-state index in [1.807, 2.05) is 0 Å². The van der Waals surface area contributed by atoms with Gasteiger partial charge in [-0.25, -0.2) is 0 Å². The van der Waals surface area contributed by atoms with Crippen molar-refractivity contribution in [3.63, 3.8) is 0 Å². The molecule has 0 aliphatic rings. The Bertz CT molecular complexity index is 192. The lowest BCUT2D eigenvalue weighted by atomic mass is 10.2. The van der Waals surface area contributed by atoms with Gasteiger partial charge in [0.1, 0.15) is 5.78 Å². The van der Waals surface area contributed by atoms with Gasteiger partial charge in [0.2, 0.25) is 5.78 Å². The summed E-state index contributed by atoms with van der Waals surface area (Å²) in [7, 11) is 0. The van der Waals surface area contributed by atoms with Crippen molar-refractivity contribution >= 4 is 17.8 Å². The molecule has 0 aromatic heterocycles. The topological polar surface area (TPSA) is 70.5 Å². The fraction of sp³-hybridized carbons (Fsp3) is 0.500. The Morgan fingerprint density at radius 2 is 2.10 bits per heavy atom. The predicted molar refractivity (Wildman–Crippen MR) is 34.6 cm³/mol. The molecule has 0 fully saturated rings. The summed E-state index contributed by atoms with van der Waals surface area (Å²) in [6.45, 7) is 1.41. The molecule has 0 bridgehead atoms. The van der Waals surface area contributed by atoms with Crippen LogP contribution in [0.4, 0.5) is 0 Å². The van der Waals surface area contributed by atoms with Gasteiger partial charge in [0, 0.05) is 12.8 Å². The van der Waals surface area contributed by atoms with Crippen molar-refractivity contribution in [1.29, 1.82) is 0 Å². The van der Waals surface area contributed by atoms with Crippen molar-refractivity contribution in [2.75, 3.05) is 0 Å². The molecular weight excluding hydrogens is 132 g/mol. The molecule has 0 atom stereocenters. The first-order chi connectivity index (χ1) is 4.66. The molecule has 4 heteroatoms. The second-order valence-electron chi connectivity index (χ2n) is 1.91. The molecule has 0 N–H and O–H groups in total. The molecular formula is C6H8N2O2. The maximum atomic E-state index is 10.5. The molecule has 0 spiro atoms. The van der Waals surface area contributed by atoms with Gasteiger partial charge in [-0.1, -0.05) is 0 Å². The van der Waals surface area contributed by atoms with Gasteiger partial charge in [-0.2, -0.15) is 4.79 Å². The largest absolute Gasteiger partial charge is 0.361 e. The summed E-state index contributed by atoms with van der Waals surface area (Å²) in [5.41, 5.74) is 7.87. The van der Waals surface area contributed by atoms with Crippen LogP contribution in [0.1, 0.15) is 19.8 Å². The van der Waals surface area contributed by atoms with Crippen LogP contribution in [-0.2, 0) is 9.59 Å². The maximum Gasteiger partial charge on any atom is 0.323 e. The quantitative estimate of drug-likeness (QED) is 0.318. The zero-order valence-corrected chi connectivity index (χ0v) is 5.70. The highest BCUT2D eigenvalue weighted by Crippen LogP contribution is 1.88. The number of nitrogens with zero attached hydrogens (tertiary/aromatic N) is 2. The molecule has 0 unspecified atom stereocenters. The first-order valence-electron chi connectivity index (χ1n) is 2.86. The van der Waals surface area contributed by atoms with E-state index in [-0.39, 0.29) is 24.4 Å². The Morgan fingerprint density at radius 3 is 2.50 bits per heavy atom. The Balaban J connectivity index is 3.60. The van der Waals surface area contributed by atoms with Crippen LogP contribution in [0.25, 0.3) is 5.53 Å². The van der Waals surface area contributed by atoms with E-state index in [0.29, 0.717) is 0 Å². The minimum Gasteiger partial charge on any atom is -0.361 e. The second kappa shape index (κ2) is 4.58. The lowest BCUT2D eigenvalue weighted by Gasteiger charge is -1.85. The van der Waals surface area contributed by atoms with Crippen LogP contribution >= 0.6 is 0 Å². The fourth-order valence-electron chi connectivity index (χ4n) is 0.428.